The summed E-state index contributed by atoms with van der Waals surface area (Å²) in [6.45, 7) is 2.18. The molecular weight excluding hydrogens is 314 g/mol. The fourth-order valence-corrected chi connectivity index (χ4v) is 3.08. The van der Waals surface area contributed by atoms with Crippen molar-refractivity contribution < 1.29 is 19.4 Å². The number of hydrogen-bond acceptors (Lipinski definition) is 4. The molecule has 1 amide bonds. The maximum atomic E-state index is 11.9. The van der Waals surface area contributed by atoms with E-state index in [1.165, 1.54) is 11.3 Å². The second-order valence-corrected chi connectivity index (χ2v) is 6.21. The van der Waals surface area contributed by atoms with Gasteiger partial charge in [-0.1, -0.05) is 37.3 Å². The molecule has 0 aliphatic rings. The van der Waals surface area contributed by atoms with Crippen molar-refractivity contribution in [1.82, 2.24) is 5.32 Å². The van der Waals surface area contributed by atoms with E-state index in [2.05, 4.69) is 5.32 Å². The van der Waals surface area contributed by atoms with Gasteiger partial charge in [-0.2, -0.15) is 0 Å². The van der Waals surface area contributed by atoms with Crippen molar-refractivity contribution >= 4 is 23.4 Å². The van der Waals surface area contributed by atoms with Gasteiger partial charge in [-0.15, -0.1) is 11.3 Å². The van der Waals surface area contributed by atoms with Crippen molar-refractivity contribution in [3.63, 3.8) is 0 Å². The number of hydrogen-bond donors (Lipinski definition) is 2. The summed E-state index contributed by atoms with van der Waals surface area (Å²) in [6.07, 6.45) is 0.0825. The summed E-state index contributed by atoms with van der Waals surface area (Å²) in [4.78, 5) is 24.9. The molecule has 0 unspecified atom stereocenters. The SMILES string of the molecule is CCc1ccc([C@H](CC(=O)O)NC(=O)OCc2ccccc2)s1. The van der Waals surface area contributed by atoms with Gasteiger partial charge in [-0.3, -0.25) is 4.79 Å². The van der Waals surface area contributed by atoms with Crippen LogP contribution in [0.5, 0.6) is 0 Å². The van der Waals surface area contributed by atoms with Crippen molar-refractivity contribution in [2.24, 2.45) is 0 Å². The lowest BCUT2D eigenvalue weighted by Crippen LogP contribution is -2.30. The van der Waals surface area contributed by atoms with Gasteiger partial charge in [0.25, 0.3) is 0 Å². The quantitative estimate of drug-likeness (QED) is 0.809. The van der Waals surface area contributed by atoms with Crippen LogP contribution in [-0.4, -0.2) is 17.2 Å². The summed E-state index contributed by atoms with van der Waals surface area (Å²) in [5.74, 6) is -0.968. The van der Waals surface area contributed by atoms with E-state index in [1.54, 1.807) is 0 Å². The summed E-state index contributed by atoms with van der Waals surface area (Å²) in [5, 5.41) is 11.7. The van der Waals surface area contributed by atoms with Gasteiger partial charge in [-0.25, -0.2) is 4.79 Å². The Labute approximate surface area is 138 Å². The zero-order valence-electron chi connectivity index (χ0n) is 12.8. The van der Waals surface area contributed by atoms with Crippen LogP contribution < -0.4 is 5.32 Å². The number of thiophene rings is 1. The van der Waals surface area contributed by atoms with Crippen LogP contribution in [-0.2, 0) is 22.6 Å². The van der Waals surface area contributed by atoms with E-state index >= 15 is 0 Å². The highest BCUT2D eigenvalue weighted by Gasteiger charge is 2.20. The molecule has 5 nitrogen and oxygen atoms in total. The molecule has 0 spiro atoms. The fraction of sp³-hybridized carbons (Fsp3) is 0.294. The molecule has 1 aromatic heterocycles. The molecule has 6 heteroatoms. The van der Waals surface area contributed by atoms with E-state index in [-0.39, 0.29) is 13.0 Å². The molecule has 0 saturated heterocycles. The number of rotatable bonds is 7. The van der Waals surface area contributed by atoms with Crippen LogP contribution in [0, 0.1) is 0 Å². The standard InChI is InChI=1S/C17H19NO4S/c1-2-13-8-9-15(23-13)14(10-16(19)20)18-17(21)22-11-12-6-4-3-5-7-12/h3-9,14H,2,10-11H2,1H3,(H,18,21)(H,19,20)/t14-/m0/s1. The first-order valence-electron chi connectivity index (χ1n) is 7.36. The number of aryl methyl sites for hydroxylation is 1. The normalized spacial score (nSPS) is 11.7. The highest BCUT2D eigenvalue weighted by atomic mass is 32.1. The molecule has 1 aromatic carbocycles. The highest BCUT2D eigenvalue weighted by Crippen LogP contribution is 2.26. The first kappa shape index (κ1) is 17.0. The van der Waals surface area contributed by atoms with Crippen LogP contribution in [0.3, 0.4) is 0 Å². The van der Waals surface area contributed by atoms with Gasteiger partial charge in [0.15, 0.2) is 0 Å². The molecular formula is C17H19NO4S. The molecule has 0 fully saturated rings. The highest BCUT2D eigenvalue weighted by molar-refractivity contribution is 7.12. The number of carboxylic acid groups (broad SMARTS) is 1. The average molecular weight is 333 g/mol. The van der Waals surface area contributed by atoms with Gasteiger partial charge in [-0.05, 0) is 24.1 Å². The lowest BCUT2D eigenvalue weighted by atomic mass is 10.2. The van der Waals surface area contributed by atoms with E-state index in [0.29, 0.717) is 0 Å². The van der Waals surface area contributed by atoms with E-state index in [0.717, 1.165) is 21.7 Å². The molecule has 23 heavy (non-hydrogen) atoms. The number of amides is 1. The van der Waals surface area contributed by atoms with Crippen molar-refractivity contribution in [3.8, 4) is 0 Å². The third-order valence-corrected chi connectivity index (χ3v) is 4.60. The Morgan fingerprint density at radius 3 is 2.57 bits per heavy atom. The monoisotopic (exact) mass is 333 g/mol. The summed E-state index contributed by atoms with van der Waals surface area (Å²) in [7, 11) is 0. The van der Waals surface area contributed by atoms with Crippen LogP contribution in [0.2, 0.25) is 0 Å². The predicted molar refractivity (Wildman–Crippen MR) is 88.5 cm³/mol. The largest absolute Gasteiger partial charge is 0.481 e. The zero-order chi connectivity index (χ0) is 16.7. The Morgan fingerprint density at radius 2 is 1.96 bits per heavy atom. The predicted octanol–water partition coefficient (Wildman–Crippen LogP) is 3.75. The molecule has 2 N–H and O–H groups in total. The molecule has 0 saturated carbocycles. The van der Waals surface area contributed by atoms with Crippen molar-refractivity contribution in [2.75, 3.05) is 0 Å². The third kappa shape index (κ3) is 5.41. The fourth-order valence-electron chi connectivity index (χ4n) is 2.08. The van der Waals surface area contributed by atoms with Crippen LogP contribution in [0.1, 0.15) is 34.7 Å². The number of alkyl carbamates (subject to hydrolysis) is 1. The molecule has 2 rings (SSSR count). The van der Waals surface area contributed by atoms with Gasteiger partial charge < -0.3 is 15.2 Å². The van der Waals surface area contributed by atoms with Crippen LogP contribution in [0.25, 0.3) is 0 Å². The lowest BCUT2D eigenvalue weighted by molar-refractivity contribution is -0.137. The maximum absolute atomic E-state index is 11.9. The molecule has 1 atom stereocenters. The van der Waals surface area contributed by atoms with Crippen LogP contribution in [0.4, 0.5) is 4.79 Å². The van der Waals surface area contributed by atoms with Crippen molar-refractivity contribution in [3.05, 3.63) is 57.8 Å². The van der Waals surface area contributed by atoms with Gasteiger partial charge in [0.2, 0.25) is 0 Å². The van der Waals surface area contributed by atoms with E-state index < -0.39 is 18.1 Å². The Balaban J connectivity index is 1.96. The minimum Gasteiger partial charge on any atom is -0.481 e. The summed E-state index contributed by atoms with van der Waals surface area (Å²) in [6, 6.07) is 12.5. The molecule has 0 bridgehead atoms. The van der Waals surface area contributed by atoms with Crippen LogP contribution >= 0.6 is 11.3 Å². The van der Waals surface area contributed by atoms with Crippen LogP contribution in [0.15, 0.2) is 42.5 Å². The first-order chi connectivity index (χ1) is 11.1. The molecule has 0 aliphatic heterocycles. The summed E-state index contributed by atoms with van der Waals surface area (Å²) in [5.41, 5.74) is 0.877. The molecule has 1 heterocycles. The Morgan fingerprint density at radius 1 is 1.22 bits per heavy atom. The number of ether oxygens (including phenoxy) is 1. The number of aliphatic carboxylic acids is 1. The second kappa shape index (κ2) is 8.33. The van der Waals surface area contributed by atoms with E-state index in [4.69, 9.17) is 9.84 Å². The number of carbonyl (C=O) groups is 2. The van der Waals surface area contributed by atoms with Crippen molar-refractivity contribution in [2.45, 2.75) is 32.4 Å². The minimum atomic E-state index is -0.968. The zero-order valence-corrected chi connectivity index (χ0v) is 13.6. The summed E-state index contributed by atoms with van der Waals surface area (Å²) >= 11 is 1.51. The molecule has 122 valence electrons. The minimum absolute atomic E-state index is 0.150. The summed E-state index contributed by atoms with van der Waals surface area (Å²) < 4.78 is 5.16. The van der Waals surface area contributed by atoms with Gasteiger partial charge in [0.05, 0.1) is 12.5 Å². The third-order valence-electron chi connectivity index (χ3n) is 3.26. The first-order valence-corrected chi connectivity index (χ1v) is 8.17. The maximum Gasteiger partial charge on any atom is 0.407 e. The Bertz CT molecular complexity index is 654. The van der Waals surface area contributed by atoms with E-state index in [9.17, 15) is 9.59 Å². The molecule has 2 aromatic rings. The van der Waals surface area contributed by atoms with Gasteiger partial charge in [0.1, 0.15) is 6.61 Å². The van der Waals surface area contributed by atoms with Gasteiger partial charge >= 0.3 is 12.1 Å². The van der Waals surface area contributed by atoms with Crippen molar-refractivity contribution in [1.29, 1.82) is 0 Å². The van der Waals surface area contributed by atoms with Gasteiger partial charge in [0, 0.05) is 9.75 Å². The van der Waals surface area contributed by atoms with E-state index in [1.807, 2.05) is 49.4 Å². The topological polar surface area (TPSA) is 75.6 Å². The smallest absolute Gasteiger partial charge is 0.407 e. The lowest BCUT2D eigenvalue weighted by Gasteiger charge is -2.15. The number of nitrogens with one attached hydrogen (secondary N) is 1. The number of benzene rings is 1. The number of carboxylic acids is 1. The number of carbonyl (C=O) groups excluding carboxylic acids is 1. The Kier molecular flexibility index (Phi) is 6.17. The Hall–Kier alpha value is -2.34. The second-order valence-electron chi connectivity index (χ2n) is 5.01. The molecule has 0 radical (unpaired) electrons. The average Bonchev–Trinajstić information content (AvgIpc) is 3.02. The molecule has 0 aliphatic carbocycles.